The molecular formula is C11H17NO2. The van der Waals surface area contributed by atoms with Crippen LogP contribution < -0.4 is 0 Å². The Balaban J connectivity index is 2.36. The van der Waals surface area contributed by atoms with E-state index in [1.54, 1.807) is 0 Å². The van der Waals surface area contributed by atoms with Crippen molar-refractivity contribution in [1.82, 2.24) is 4.90 Å². The number of likely N-dealkylation sites (tertiary alicyclic amines) is 1. The van der Waals surface area contributed by atoms with Gasteiger partial charge in [-0.25, -0.2) is 0 Å². The summed E-state index contributed by atoms with van der Waals surface area (Å²) in [4.78, 5) is 13.5. The molecule has 3 nitrogen and oxygen atoms in total. The van der Waals surface area contributed by atoms with Crippen LogP contribution in [0.15, 0.2) is 0 Å². The molecule has 3 heteroatoms. The Labute approximate surface area is 85.4 Å². The molecule has 14 heavy (non-hydrogen) atoms. The van der Waals surface area contributed by atoms with Gasteiger partial charge >= 0.3 is 5.97 Å². The normalized spacial score (nSPS) is 22.7. The molecule has 1 atom stereocenters. The average Bonchev–Trinajstić information content (AvgIpc) is 2.25. The van der Waals surface area contributed by atoms with Crippen LogP contribution in [0.2, 0.25) is 0 Å². The van der Waals surface area contributed by atoms with Crippen molar-refractivity contribution in [3.8, 4) is 12.3 Å². The summed E-state index contributed by atoms with van der Waals surface area (Å²) in [5, 5.41) is 0. The quantitative estimate of drug-likeness (QED) is 0.495. The minimum atomic E-state index is -0.0876. The maximum atomic E-state index is 11.3. The molecule has 1 aliphatic rings. The smallest absolute Gasteiger partial charge is 0.309 e. The fourth-order valence-corrected chi connectivity index (χ4v) is 1.84. The number of hydrogen-bond acceptors (Lipinski definition) is 3. The van der Waals surface area contributed by atoms with Crippen LogP contribution in [0.5, 0.6) is 0 Å². The number of carbonyl (C=O) groups excluding carboxylic acids is 1. The Morgan fingerprint density at radius 1 is 1.71 bits per heavy atom. The van der Waals surface area contributed by atoms with Gasteiger partial charge in [0.1, 0.15) is 0 Å². The van der Waals surface area contributed by atoms with Crippen molar-refractivity contribution in [2.75, 3.05) is 26.7 Å². The summed E-state index contributed by atoms with van der Waals surface area (Å²) < 4.78 is 4.74. The molecule has 1 saturated heterocycles. The molecule has 0 amide bonds. The number of esters is 1. The summed E-state index contributed by atoms with van der Waals surface area (Å²) in [6, 6.07) is 0. The van der Waals surface area contributed by atoms with Gasteiger partial charge in [0.25, 0.3) is 0 Å². The Morgan fingerprint density at radius 2 is 2.50 bits per heavy atom. The van der Waals surface area contributed by atoms with Gasteiger partial charge in [-0.15, -0.1) is 12.3 Å². The van der Waals surface area contributed by atoms with Crippen LogP contribution in [-0.4, -0.2) is 37.6 Å². The monoisotopic (exact) mass is 195 g/mol. The molecule has 0 aromatic carbocycles. The zero-order valence-corrected chi connectivity index (χ0v) is 8.66. The minimum Gasteiger partial charge on any atom is -0.469 e. The number of methoxy groups -OCH3 is 1. The van der Waals surface area contributed by atoms with E-state index in [4.69, 9.17) is 11.2 Å². The average molecular weight is 195 g/mol. The van der Waals surface area contributed by atoms with E-state index in [9.17, 15) is 4.79 Å². The van der Waals surface area contributed by atoms with Gasteiger partial charge in [-0.2, -0.15) is 0 Å². The lowest BCUT2D eigenvalue weighted by Crippen LogP contribution is -2.39. The first kappa shape index (κ1) is 11.1. The molecule has 1 heterocycles. The first-order chi connectivity index (χ1) is 6.77. The highest BCUT2D eigenvalue weighted by molar-refractivity contribution is 5.72. The van der Waals surface area contributed by atoms with E-state index >= 15 is 0 Å². The molecule has 0 aromatic rings. The maximum absolute atomic E-state index is 11.3. The number of piperidine rings is 1. The zero-order chi connectivity index (χ0) is 10.4. The first-order valence-corrected chi connectivity index (χ1v) is 5.01. The van der Waals surface area contributed by atoms with Crippen LogP contribution in [0, 0.1) is 18.3 Å². The second-order valence-corrected chi connectivity index (χ2v) is 3.62. The number of hydrogen-bond donors (Lipinski definition) is 0. The summed E-state index contributed by atoms with van der Waals surface area (Å²) in [5.74, 6) is 2.58. The Kier molecular flexibility index (Phi) is 4.48. The third-order valence-electron chi connectivity index (χ3n) is 2.61. The fraction of sp³-hybridized carbons (Fsp3) is 0.727. The van der Waals surface area contributed by atoms with Crippen LogP contribution in [-0.2, 0) is 9.53 Å². The molecule has 0 saturated carbocycles. The minimum absolute atomic E-state index is 0.0477. The Hall–Kier alpha value is -1.01. The van der Waals surface area contributed by atoms with E-state index in [0.29, 0.717) is 0 Å². The largest absolute Gasteiger partial charge is 0.469 e. The van der Waals surface area contributed by atoms with Crippen molar-refractivity contribution >= 4 is 5.97 Å². The first-order valence-electron chi connectivity index (χ1n) is 5.01. The summed E-state index contributed by atoms with van der Waals surface area (Å²) >= 11 is 0. The summed E-state index contributed by atoms with van der Waals surface area (Å²) in [7, 11) is 1.45. The molecule has 78 valence electrons. The number of carbonyl (C=O) groups is 1. The zero-order valence-electron chi connectivity index (χ0n) is 8.66. The van der Waals surface area contributed by atoms with Gasteiger partial charge < -0.3 is 9.64 Å². The van der Waals surface area contributed by atoms with E-state index in [0.717, 1.165) is 38.9 Å². The van der Waals surface area contributed by atoms with Gasteiger partial charge in [0.2, 0.25) is 0 Å². The predicted molar refractivity (Wildman–Crippen MR) is 54.6 cm³/mol. The molecule has 0 spiro atoms. The number of nitrogens with zero attached hydrogens (tertiary/aromatic N) is 1. The lowest BCUT2D eigenvalue weighted by molar-refractivity contribution is -0.147. The molecule has 0 N–H and O–H groups in total. The molecule has 1 rings (SSSR count). The van der Waals surface area contributed by atoms with Crippen LogP contribution >= 0.6 is 0 Å². The SMILES string of the molecule is C#CCCN1CCC[C@H](C(=O)OC)C1. The van der Waals surface area contributed by atoms with Crippen LogP contribution in [0.3, 0.4) is 0 Å². The molecule has 0 unspecified atom stereocenters. The van der Waals surface area contributed by atoms with Crippen LogP contribution in [0.25, 0.3) is 0 Å². The van der Waals surface area contributed by atoms with Crippen LogP contribution in [0.4, 0.5) is 0 Å². The molecule has 0 radical (unpaired) electrons. The van der Waals surface area contributed by atoms with Gasteiger partial charge in [-0.05, 0) is 19.4 Å². The van der Waals surface area contributed by atoms with Gasteiger partial charge in [0, 0.05) is 19.5 Å². The van der Waals surface area contributed by atoms with Crippen molar-refractivity contribution in [2.45, 2.75) is 19.3 Å². The lowest BCUT2D eigenvalue weighted by atomic mass is 9.98. The highest BCUT2D eigenvalue weighted by atomic mass is 16.5. The van der Waals surface area contributed by atoms with E-state index in [1.807, 2.05) is 0 Å². The molecule has 1 aliphatic heterocycles. The van der Waals surface area contributed by atoms with Crippen molar-refractivity contribution in [3.05, 3.63) is 0 Å². The summed E-state index contributed by atoms with van der Waals surface area (Å²) in [5.41, 5.74) is 0. The van der Waals surface area contributed by atoms with E-state index < -0.39 is 0 Å². The third kappa shape index (κ3) is 3.04. The number of terminal acetylenes is 1. The molecule has 1 fully saturated rings. The van der Waals surface area contributed by atoms with Crippen molar-refractivity contribution < 1.29 is 9.53 Å². The van der Waals surface area contributed by atoms with Gasteiger partial charge in [0.15, 0.2) is 0 Å². The fourth-order valence-electron chi connectivity index (χ4n) is 1.84. The number of ether oxygens (including phenoxy) is 1. The standard InChI is InChI=1S/C11H17NO2/c1-3-4-7-12-8-5-6-10(9-12)11(13)14-2/h1,10H,4-9H2,2H3/t10-/m0/s1. The van der Waals surface area contributed by atoms with Crippen LogP contribution in [0.1, 0.15) is 19.3 Å². The van der Waals surface area contributed by atoms with E-state index in [-0.39, 0.29) is 11.9 Å². The molecule has 0 aromatic heterocycles. The maximum Gasteiger partial charge on any atom is 0.309 e. The van der Waals surface area contributed by atoms with Crippen molar-refractivity contribution in [3.63, 3.8) is 0 Å². The van der Waals surface area contributed by atoms with E-state index in [2.05, 4.69) is 10.8 Å². The van der Waals surface area contributed by atoms with E-state index in [1.165, 1.54) is 7.11 Å². The summed E-state index contributed by atoms with van der Waals surface area (Å²) in [6.07, 6.45) is 7.96. The van der Waals surface area contributed by atoms with Gasteiger partial charge in [0.05, 0.1) is 13.0 Å². The lowest BCUT2D eigenvalue weighted by Gasteiger charge is -2.30. The highest BCUT2D eigenvalue weighted by Gasteiger charge is 2.25. The second kappa shape index (κ2) is 5.66. The molecular weight excluding hydrogens is 178 g/mol. The molecule has 0 aliphatic carbocycles. The van der Waals surface area contributed by atoms with Gasteiger partial charge in [-0.1, -0.05) is 0 Å². The van der Waals surface area contributed by atoms with Crippen molar-refractivity contribution in [2.24, 2.45) is 5.92 Å². The Bertz CT molecular complexity index is 232. The third-order valence-corrected chi connectivity index (χ3v) is 2.61. The second-order valence-electron chi connectivity index (χ2n) is 3.62. The van der Waals surface area contributed by atoms with Crippen molar-refractivity contribution in [1.29, 1.82) is 0 Å². The molecule has 0 bridgehead atoms. The Morgan fingerprint density at radius 3 is 3.14 bits per heavy atom. The number of rotatable bonds is 3. The summed E-state index contributed by atoms with van der Waals surface area (Å²) in [6.45, 7) is 2.74. The topological polar surface area (TPSA) is 29.5 Å². The predicted octanol–water partition coefficient (Wildman–Crippen LogP) is 0.895. The highest BCUT2D eigenvalue weighted by Crippen LogP contribution is 2.17. The van der Waals surface area contributed by atoms with Gasteiger partial charge in [-0.3, -0.25) is 4.79 Å².